The van der Waals surface area contributed by atoms with E-state index in [9.17, 15) is 4.79 Å². The lowest BCUT2D eigenvalue weighted by Crippen LogP contribution is -2.54. The highest BCUT2D eigenvalue weighted by molar-refractivity contribution is 5.76. The summed E-state index contributed by atoms with van der Waals surface area (Å²) >= 11 is 0. The lowest BCUT2D eigenvalue weighted by atomic mass is 9.54. The van der Waals surface area contributed by atoms with Gasteiger partial charge in [-0.1, -0.05) is 13.8 Å². The largest absolute Gasteiger partial charge is 0.458 e. The second-order valence-corrected chi connectivity index (χ2v) is 7.29. The van der Waals surface area contributed by atoms with Crippen LogP contribution >= 0.6 is 0 Å². The fourth-order valence-corrected chi connectivity index (χ4v) is 4.71. The van der Waals surface area contributed by atoms with Crippen LogP contribution in [-0.2, 0) is 9.53 Å². The van der Waals surface area contributed by atoms with Gasteiger partial charge in [0.15, 0.2) is 0 Å². The lowest BCUT2D eigenvalue weighted by Gasteiger charge is -2.55. The number of carbonyl (C=O) groups excluding carboxylic acids is 1. The summed E-state index contributed by atoms with van der Waals surface area (Å²) in [6, 6.07) is -0.460. The number of rotatable bonds is 3. The summed E-state index contributed by atoms with van der Waals surface area (Å²) in [4.78, 5) is 12.1. The fourth-order valence-electron chi connectivity index (χ4n) is 4.71. The van der Waals surface area contributed by atoms with Crippen LogP contribution in [0, 0.1) is 23.7 Å². The zero-order valence-corrected chi connectivity index (χ0v) is 11.5. The minimum atomic E-state index is -0.460. The van der Waals surface area contributed by atoms with Gasteiger partial charge in [-0.05, 0) is 62.2 Å². The van der Waals surface area contributed by atoms with Crippen LogP contribution < -0.4 is 5.73 Å². The molecule has 0 aromatic heterocycles. The molecule has 0 saturated heterocycles. The van der Waals surface area contributed by atoms with Crippen LogP contribution in [0.3, 0.4) is 0 Å². The van der Waals surface area contributed by atoms with Crippen molar-refractivity contribution in [1.82, 2.24) is 0 Å². The summed E-state index contributed by atoms with van der Waals surface area (Å²) in [5.74, 6) is 2.40. The average molecular weight is 251 g/mol. The van der Waals surface area contributed by atoms with Gasteiger partial charge in [-0.15, -0.1) is 0 Å². The summed E-state index contributed by atoms with van der Waals surface area (Å²) in [5, 5.41) is 0. The second-order valence-electron chi connectivity index (χ2n) is 7.29. The maximum Gasteiger partial charge on any atom is 0.323 e. The Morgan fingerprint density at radius 2 is 1.56 bits per heavy atom. The summed E-state index contributed by atoms with van der Waals surface area (Å²) in [6.45, 7) is 3.96. The Morgan fingerprint density at radius 1 is 1.11 bits per heavy atom. The maximum atomic E-state index is 12.1. The van der Waals surface area contributed by atoms with E-state index in [4.69, 9.17) is 10.5 Å². The Bertz CT molecular complexity index is 315. The molecule has 2 N–H and O–H groups in total. The van der Waals surface area contributed by atoms with Crippen molar-refractivity contribution in [3.63, 3.8) is 0 Å². The molecule has 4 aliphatic rings. The number of carbonyl (C=O) groups is 1. The van der Waals surface area contributed by atoms with Crippen LogP contribution in [0.1, 0.15) is 52.4 Å². The predicted molar refractivity (Wildman–Crippen MR) is 69.8 cm³/mol. The van der Waals surface area contributed by atoms with Crippen molar-refractivity contribution in [2.45, 2.75) is 64.0 Å². The SMILES string of the molecule is CC(C)[C@H](N)C(=O)OC12CC3CC(CC(C3)C1)C2. The Kier molecular flexibility index (Phi) is 2.92. The first-order valence-electron chi connectivity index (χ1n) is 7.46. The molecule has 3 nitrogen and oxygen atoms in total. The first-order valence-corrected chi connectivity index (χ1v) is 7.46. The molecule has 3 heteroatoms. The van der Waals surface area contributed by atoms with Crippen LogP contribution in [0.4, 0.5) is 0 Å². The normalized spacial score (nSPS) is 43.2. The summed E-state index contributed by atoms with van der Waals surface area (Å²) in [5.41, 5.74) is 5.77. The van der Waals surface area contributed by atoms with E-state index >= 15 is 0 Å². The van der Waals surface area contributed by atoms with Crippen molar-refractivity contribution in [3.05, 3.63) is 0 Å². The van der Waals surface area contributed by atoms with E-state index in [0.29, 0.717) is 0 Å². The molecular formula is C15H25NO2. The van der Waals surface area contributed by atoms with Gasteiger partial charge < -0.3 is 10.5 Å². The van der Waals surface area contributed by atoms with Crippen molar-refractivity contribution < 1.29 is 9.53 Å². The van der Waals surface area contributed by atoms with Crippen molar-refractivity contribution in [2.75, 3.05) is 0 Å². The quantitative estimate of drug-likeness (QED) is 0.784. The number of esters is 1. The Morgan fingerprint density at radius 3 is 1.94 bits per heavy atom. The second kappa shape index (κ2) is 4.22. The molecule has 18 heavy (non-hydrogen) atoms. The van der Waals surface area contributed by atoms with E-state index < -0.39 is 6.04 Å². The summed E-state index contributed by atoms with van der Waals surface area (Å²) in [7, 11) is 0. The standard InChI is InChI=1S/C15H25NO2/c1-9(2)13(16)14(17)18-15-6-10-3-11(7-15)5-12(4-10)8-15/h9-13H,3-8,16H2,1-2H3/t10?,11?,12?,13-,15?/m0/s1. The zero-order valence-electron chi connectivity index (χ0n) is 11.5. The van der Waals surface area contributed by atoms with Gasteiger partial charge in [0.05, 0.1) is 0 Å². The fraction of sp³-hybridized carbons (Fsp3) is 0.933. The van der Waals surface area contributed by atoms with Gasteiger partial charge in [0.25, 0.3) is 0 Å². The number of hydrogen-bond acceptors (Lipinski definition) is 3. The molecule has 1 atom stereocenters. The zero-order chi connectivity index (χ0) is 12.9. The summed E-state index contributed by atoms with van der Waals surface area (Å²) in [6.07, 6.45) is 7.38. The smallest absolute Gasteiger partial charge is 0.323 e. The third-order valence-electron chi connectivity index (χ3n) is 5.29. The molecule has 0 aromatic carbocycles. The van der Waals surface area contributed by atoms with Gasteiger partial charge >= 0.3 is 5.97 Å². The molecule has 0 aromatic rings. The lowest BCUT2D eigenvalue weighted by molar-refractivity contribution is -0.188. The third kappa shape index (κ3) is 2.07. The minimum Gasteiger partial charge on any atom is -0.458 e. The molecule has 4 fully saturated rings. The molecule has 4 saturated carbocycles. The molecule has 4 bridgehead atoms. The van der Waals surface area contributed by atoms with E-state index in [1.165, 1.54) is 19.3 Å². The van der Waals surface area contributed by atoms with E-state index in [1.54, 1.807) is 0 Å². The van der Waals surface area contributed by atoms with Crippen LogP contribution in [0.15, 0.2) is 0 Å². The van der Waals surface area contributed by atoms with Crippen molar-refractivity contribution in [1.29, 1.82) is 0 Å². The van der Waals surface area contributed by atoms with Crippen molar-refractivity contribution in [3.8, 4) is 0 Å². The first kappa shape index (κ1) is 12.5. The van der Waals surface area contributed by atoms with Crippen molar-refractivity contribution >= 4 is 5.97 Å². The van der Waals surface area contributed by atoms with E-state index in [2.05, 4.69) is 0 Å². The Balaban J connectivity index is 1.70. The third-order valence-corrected chi connectivity index (χ3v) is 5.29. The molecule has 4 rings (SSSR count). The van der Waals surface area contributed by atoms with Crippen LogP contribution in [0.5, 0.6) is 0 Å². The molecule has 0 heterocycles. The van der Waals surface area contributed by atoms with E-state index in [0.717, 1.165) is 37.0 Å². The predicted octanol–water partition coefficient (Wildman–Crippen LogP) is 2.48. The van der Waals surface area contributed by atoms with Gasteiger partial charge in [0.1, 0.15) is 11.6 Å². The molecule has 0 spiro atoms. The minimum absolute atomic E-state index is 0.141. The molecule has 4 aliphatic carbocycles. The van der Waals surface area contributed by atoms with Crippen molar-refractivity contribution in [2.24, 2.45) is 29.4 Å². The molecule has 0 radical (unpaired) electrons. The highest BCUT2D eigenvalue weighted by Gasteiger charge is 2.53. The molecule has 0 amide bonds. The van der Waals surface area contributed by atoms with Gasteiger partial charge in [-0.2, -0.15) is 0 Å². The van der Waals surface area contributed by atoms with E-state index in [-0.39, 0.29) is 17.5 Å². The number of ether oxygens (including phenoxy) is 1. The van der Waals surface area contributed by atoms with Gasteiger partial charge in [0.2, 0.25) is 0 Å². The van der Waals surface area contributed by atoms with Gasteiger partial charge in [-0.25, -0.2) is 0 Å². The molecular weight excluding hydrogens is 226 g/mol. The number of hydrogen-bond donors (Lipinski definition) is 1. The van der Waals surface area contributed by atoms with Crippen LogP contribution in [-0.4, -0.2) is 17.6 Å². The monoisotopic (exact) mass is 251 g/mol. The van der Waals surface area contributed by atoms with Gasteiger partial charge in [0, 0.05) is 0 Å². The topological polar surface area (TPSA) is 52.3 Å². The highest BCUT2D eigenvalue weighted by Crippen LogP contribution is 2.57. The molecule has 0 aliphatic heterocycles. The summed E-state index contributed by atoms with van der Waals surface area (Å²) < 4.78 is 5.91. The van der Waals surface area contributed by atoms with Gasteiger partial charge in [-0.3, -0.25) is 4.79 Å². The molecule has 0 unspecified atom stereocenters. The first-order chi connectivity index (χ1) is 8.47. The molecule has 102 valence electrons. The maximum absolute atomic E-state index is 12.1. The Hall–Kier alpha value is -0.570. The van der Waals surface area contributed by atoms with Crippen LogP contribution in [0.25, 0.3) is 0 Å². The van der Waals surface area contributed by atoms with Crippen LogP contribution in [0.2, 0.25) is 0 Å². The highest BCUT2D eigenvalue weighted by atomic mass is 16.6. The number of nitrogens with two attached hydrogens (primary N) is 1. The van der Waals surface area contributed by atoms with E-state index in [1.807, 2.05) is 13.8 Å². The Labute approximate surface area is 109 Å². The average Bonchev–Trinajstić information content (AvgIpc) is 2.24.